The molecule has 100 valence electrons. The second kappa shape index (κ2) is 6.49. The largest absolute Gasteiger partial charge is 0.367 e. The third kappa shape index (κ3) is 3.55. The normalized spacial score (nSPS) is 18.6. The Balaban J connectivity index is 2.01. The number of hydrogen-bond acceptors (Lipinski definition) is 3. The SMILES string of the molecule is CSC1(CNc2ncc(Br)cc2Cl)CCCCC1. The van der Waals surface area contributed by atoms with Gasteiger partial charge in [-0.15, -0.1) is 0 Å². The summed E-state index contributed by atoms with van der Waals surface area (Å²) in [6.07, 6.45) is 10.6. The minimum atomic E-state index is 0.357. The van der Waals surface area contributed by atoms with Gasteiger partial charge in [-0.25, -0.2) is 4.98 Å². The Hall–Kier alpha value is 0.0700. The number of pyridine rings is 1. The lowest BCUT2D eigenvalue weighted by Gasteiger charge is -2.36. The van der Waals surface area contributed by atoms with E-state index in [0.717, 1.165) is 16.8 Å². The first-order valence-electron chi connectivity index (χ1n) is 6.25. The summed E-state index contributed by atoms with van der Waals surface area (Å²) in [5.41, 5.74) is 0. The number of rotatable bonds is 4. The molecule has 1 aromatic heterocycles. The van der Waals surface area contributed by atoms with E-state index < -0.39 is 0 Å². The van der Waals surface area contributed by atoms with Gasteiger partial charge in [-0.3, -0.25) is 0 Å². The molecule has 0 bridgehead atoms. The molecule has 0 spiro atoms. The van der Waals surface area contributed by atoms with Gasteiger partial charge in [0.1, 0.15) is 5.82 Å². The van der Waals surface area contributed by atoms with Crippen molar-refractivity contribution in [2.24, 2.45) is 0 Å². The standard InChI is InChI=1S/C13H18BrClN2S/c1-18-13(5-3-2-4-6-13)9-17-12-11(15)7-10(14)8-16-12/h7-8H,2-6,9H2,1H3,(H,16,17). The molecule has 0 radical (unpaired) electrons. The van der Waals surface area contributed by atoms with Crippen molar-refractivity contribution in [2.45, 2.75) is 36.9 Å². The van der Waals surface area contributed by atoms with Crippen molar-refractivity contribution in [1.82, 2.24) is 4.98 Å². The molecule has 1 aliphatic carbocycles. The van der Waals surface area contributed by atoms with Gasteiger partial charge < -0.3 is 5.32 Å². The molecule has 0 unspecified atom stereocenters. The maximum absolute atomic E-state index is 6.17. The lowest BCUT2D eigenvalue weighted by atomic mass is 9.88. The zero-order valence-electron chi connectivity index (χ0n) is 10.5. The molecule has 2 rings (SSSR count). The van der Waals surface area contributed by atoms with Crippen molar-refractivity contribution in [1.29, 1.82) is 0 Å². The molecule has 0 saturated heterocycles. The number of anilines is 1. The Morgan fingerprint density at radius 2 is 2.17 bits per heavy atom. The molecule has 1 aromatic rings. The Morgan fingerprint density at radius 1 is 1.44 bits per heavy atom. The summed E-state index contributed by atoms with van der Waals surface area (Å²) in [6.45, 7) is 0.947. The average Bonchev–Trinajstić information content (AvgIpc) is 2.39. The number of aromatic nitrogens is 1. The van der Waals surface area contributed by atoms with E-state index in [0.29, 0.717) is 9.77 Å². The summed E-state index contributed by atoms with van der Waals surface area (Å²) in [5, 5.41) is 4.09. The van der Waals surface area contributed by atoms with E-state index in [1.165, 1.54) is 32.1 Å². The third-order valence-corrected chi connectivity index (χ3v) is 5.72. The van der Waals surface area contributed by atoms with Crippen molar-refractivity contribution in [3.05, 3.63) is 21.8 Å². The van der Waals surface area contributed by atoms with E-state index in [4.69, 9.17) is 11.6 Å². The number of nitrogens with zero attached hydrogens (tertiary/aromatic N) is 1. The first kappa shape index (κ1) is 14.5. The fraction of sp³-hybridized carbons (Fsp3) is 0.615. The van der Waals surface area contributed by atoms with Gasteiger partial charge in [0, 0.05) is 22.0 Å². The predicted octanol–water partition coefficient (Wildman–Crippen LogP) is 4.98. The van der Waals surface area contributed by atoms with E-state index in [-0.39, 0.29) is 0 Å². The van der Waals surface area contributed by atoms with Crippen LogP contribution in [0.25, 0.3) is 0 Å². The number of halogens is 2. The molecule has 1 N–H and O–H groups in total. The monoisotopic (exact) mass is 348 g/mol. The lowest BCUT2D eigenvalue weighted by molar-refractivity contribution is 0.411. The van der Waals surface area contributed by atoms with Crippen LogP contribution in [0.15, 0.2) is 16.7 Å². The van der Waals surface area contributed by atoms with E-state index >= 15 is 0 Å². The van der Waals surface area contributed by atoms with Crippen LogP contribution in [0.3, 0.4) is 0 Å². The minimum Gasteiger partial charge on any atom is -0.367 e. The fourth-order valence-electron chi connectivity index (χ4n) is 2.44. The molecule has 18 heavy (non-hydrogen) atoms. The molecule has 5 heteroatoms. The Morgan fingerprint density at radius 3 is 2.78 bits per heavy atom. The van der Waals surface area contributed by atoms with Gasteiger partial charge in [0.05, 0.1) is 5.02 Å². The zero-order valence-corrected chi connectivity index (χ0v) is 13.7. The quantitative estimate of drug-likeness (QED) is 0.830. The minimum absolute atomic E-state index is 0.357. The summed E-state index contributed by atoms with van der Waals surface area (Å²) >= 11 is 11.5. The lowest BCUT2D eigenvalue weighted by Crippen LogP contribution is -2.35. The molecule has 0 atom stereocenters. The molecule has 1 saturated carbocycles. The van der Waals surface area contributed by atoms with Gasteiger partial charge in [-0.05, 0) is 41.1 Å². The van der Waals surface area contributed by atoms with Crippen molar-refractivity contribution in [3.8, 4) is 0 Å². The van der Waals surface area contributed by atoms with Crippen LogP contribution in [-0.4, -0.2) is 22.5 Å². The topological polar surface area (TPSA) is 24.9 Å². The predicted molar refractivity (Wildman–Crippen MR) is 84.8 cm³/mol. The molecule has 0 aliphatic heterocycles. The average molecular weight is 350 g/mol. The highest BCUT2D eigenvalue weighted by atomic mass is 79.9. The first-order valence-corrected chi connectivity index (χ1v) is 8.65. The first-order chi connectivity index (χ1) is 8.65. The van der Waals surface area contributed by atoms with Crippen LogP contribution in [0, 0.1) is 0 Å². The summed E-state index contributed by atoms with van der Waals surface area (Å²) in [7, 11) is 0. The third-order valence-electron chi connectivity index (χ3n) is 3.58. The number of thioether (sulfide) groups is 1. The highest BCUT2D eigenvalue weighted by Crippen LogP contribution is 2.39. The maximum atomic E-state index is 6.17. The van der Waals surface area contributed by atoms with E-state index in [1.807, 2.05) is 17.8 Å². The van der Waals surface area contributed by atoms with E-state index in [2.05, 4.69) is 32.5 Å². The molecule has 2 nitrogen and oxygen atoms in total. The van der Waals surface area contributed by atoms with Crippen LogP contribution < -0.4 is 5.32 Å². The molecule has 1 heterocycles. The van der Waals surface area contributed by atoms with Crippen LogP contribution in [0.4, 0.5) is 5.82 Å². The van der Waals surface area contributed by atoms with Crippen molar-refractivity contribution >= 4 is 45.1 Å². The zero-order chi connectivity index (χ0) is 13.0. The molecule has 0 amide bonds. The summed E-state index contributed by atoms with van der Waals surface area (Å²) in [4.78, 5) is 4.33. The Kier molecular flexibility index (Phi) is 5.22. The van der Waals surface area contributed by atoms with Crippen molar-refractivity contribution in [3.63, 3.8) is 0 Å². The molecular formula is C13H18BrClN2S. The second-order valence-electron chi connectivity index (χ2n) is 4.79. The van der Waals surface area contributed by atoms with Crippen LogP contribution in [0.1, 0.15) is 32.1 Å². The van der Waals surface area contributed by atoms with Crippen molar-refractivity contribution < 1.29 is 0 Å². The van der Waals surface area contributed by atoms with E-state index in [9.17, 15) is 0 Å². The molecule has 0 aromatic carbocycles. The van der Waals surface area contributed by atoms with Gasteiger partial charge in [0.2, 0.25) is 0 Å². The van der Waals surface area contributed by atoms with Gasteiger partial charge in [-0.2, -0.15) is 11.8 Å². The number of nitrogens with one attached hydrogen (secondary N) is 1. The van der Waals surface area contributed by atoms with Crippen LogP contribution in [-0.2, 0) is 0 Å². The fourth-order valence-corrected chi connectivity index (χ4v) is 4.05. The molecule has 1 aliphatic rings. The summed E-state index contributed by atoms with van der Waals surface area (Å²) in [6, 6.07) is 1.88. The maximum Gasteiger partial charge on any atom is 0.144 e. The van der Waals surface area contributed by atoms with Gasteiger partial charge in [0.15, 0.2) is 0 Å². The molecular weight excluding hydrogens is 332 g/mol. The van der Waals surface area contributed by atoms with Crippen LogP contribution in [0.5, 0.6) is 0 Å². The summed E-state index contributed by atoms with van der Waals surface area (Å²) < 4.78 is 1.27. The highest BCUT2D eigenvalue weighted by molar-refractivity contribution is 9.10. The number of hydrogen-bond donors (Lipinski definition) is 1. The van der Waals surface area contributed by atoms with Crippen molar-refractivity contribution in [2.75, 3.05) is 18.1 Å². The molecule has 1 fully saturated rings. The van der Waals surface area contributed by atoms with Crippen LogP contribution >= 0.6 is 39.3 Å². The second-order valence-corrected chi connectivity index (χ2v) is 7.38. The highest BCUT2D eigenvalue weighted by Gasteiger charge is 2.31. The van der Waals surface area contributed by atoms with Gasteiger partial charge >= 0.3 is 0 Å². The van der Waals surface area contributed by atoms with Gasteiger partial charge in [0.25, 0.3) is 0 Å². The Bertz CT molecular complexity index is 408. The van der Waals surface area contributed by atoms with Crippen LogP contribution in [0.2, 0.25) is 5.02 Å². The smallest absolute Gasteiger partial charge is 0.144 e. The Labute approximate surface area is 126 Å². The summed E-state index contributed by atoms with van der Waals surface area (Å²) in [5.74, 6) is 0.791. The van der Waals surface area contributed by atoms with E-state index in [1.54, 1.807) is 6.20 Å². The van der Waals surface area contributed by atoms with Gasteiger partial charge in [-0.1, -0.05) is 30.9 Å².